The van der Waals surface area contributed by atoms with E-state index in [4.69, 9.17) is 9.68 Å². The van der Waals surface area contributed by atoms with Gasteiger partial charge in [0.15, 0.2) is 0 Å². The smallest absolute Gasteiger partial charge is 0.262 e. The summed E-state index contributed by atoms with van der Waals surface area (Å²) in [6.07, 6.45) is 4.08. The third-order valence-corrected chi connectivity index (χ3v) is 3.07. The first kappa shape index (κ1) is 14.6. The van der Waals surface area contributed by atoms with Gasteiger partial charge in [-0.15, -0.1) is 0 Å². The van der Waals surface area contributed by atoms with Gasteiger partial charge in [0.1, 0.15) is 17.4 Å². The van der Waals surface area contributed by atoms with E-state index in [1.54, 1.807) is 18.2 Å². The number of rotatable bonds is 5. The topological polar surface area (TPSA) is 66.0 Å². The van der Waals surface area contributed by atoms with Gasteiger partial charge in [-0.25, -0.2) is 0 Å². The SMILES string of the molecule is CCc1ccc(/C=C(/C#N)C(=O)NCc2ccco2)cc1. The second-order valence-corrected chi connectivity index (χ2v) is 4.53. The molecule has 1 amide bonds. The maximum atomic E-state index is 12.0. The van der Waals surface area contributed by atoms with Crippen molar-refractivity contribution in [2.24, 2.45) is 0 Å². The summed E-state index contributed by atoms with van der Waals surface area (Å²) >= 11 is 0. The molecule has 0 radical (unpaired) electrons. The fourth-order valence-corrected chi connectivity index (χ4v) is 1.84. The molecule has 4 nitrogen and oxygen atoms in total. The van der Waals surface area contributed by atoms with E-state index in [1.165, 1.54) is 11.8 Å². The van der Waals surface area contributed by atoms with Crippen molar-refractivity contribution < 1.29 is 9.21 Å². The first-order valence-electron chi connectivity index (χ1n) is 6.74. The Balaban J connectivity index is 2.05. The molecule has 0 fully saturated rings. The highest BCUT2D eigenvalue weighted by Crippen LogP contribution is 2.10. The van der Waals surface area contributed by atoms with Gasteiger partial charge >= 0.3 is 0 Å². The molecule has 0 aliphatic rings. The molecule has 4 heteroatoms. The molecule has 21 heavy (non-hydrogen) atoms. The summed E-state index contributed by atoms with van der Waals surface area (Å²) < 4.78 is 5.12. The number of nitrogens with zero attached hydrogens (tertiary/aromatic N) is 1. The number of aryl methyl sites for hydroxylation is 1. The van der Waals surface area contributed by atoms with Gasteiger partial charge in [-0.3, -0.25) is 4.79 Å². The molecule has 1 aromatic heterocycles. The predicted octanol–water partition coefficient (Wildman–Crippen LogP) is 3.07. The van der Waals surface area contributed by atoms with Gasteiger partial charge in [0.05, 0.1) is 12.8 Å². The molecule has 0 saturated heterocycles. The van der Waals surface area contributed by atoms with Gasteiger partial charge in [0.2, 0.25) is 0 Å². The van der Waals surface area contributed by atoms with E-state index in [0.717, 1.165) is 12.0 Å². The zero-order valence-corrected chi connectivity index (χ0v) is 11.8. The van der Waals surface area contributed by atoms with Gasteiger partial charge in [0, 0.05) is 0 Å². The fraction of sp³-hybridized carbons (Fsp3) is 0.176. The lowest BCUT2D eigenvalue weighted by Gasteiger charge is -2.02. The minimum atomic E-state index is -0.409. The van der Waals surface area contributed by atoms with Crippen LogP contribution in [0.1, 0.15) is 23.8 Å². The lowest BCUT2D eigenvalue weighted by molar-refractivity contribution is -0.117. The van der Waals surface area contributed by atoms with Crippen molar-refractivity contribution in [3.8, 4) is 6.07 Å². The molecule has 1 N–H and O–H groups in total. The molecule has 2 aromatic rings. The second-order valence-electron chi connectivity index (χ2n) is 4.53. The Labute approximate surface area is 123 Å². The number of amides is 1. The van der Waals surface area contributed by atoms with Crippen molar-refractivity contribution in [1.29, 1.82) is 5.26 Å². The van der Waals surface area contributed by atoms with Gasteiger partial charge in [0.25, 0.3) is 5.91 Å². The van der Waals surface area contributed by atoms with E-state index in [2.05, 4.69) is 12.2 Å². The number of nitriles is 1. The van der Waals surface area contributed by atoms with Crippen LogP contribution in [-0.4, -0.2) is 5.91 Å². The summed E-state index contributed by atoms with van der Waals surface area (Å²) in [5.74, 6) is 0.237. The first-order chi connectivity index (χ1) is 10.2. The van der Waals surface area contributed by atoms with E-state index in [9.17, 15) is 4.79 Å². The number of hydrogen-bond acceptors (Lipinski definition) is 3. The van der Waals surface area contributed by atoms with Crippen LogP contribution in [0.2, 0.25) is 0 Å². The second kappa shape index (κ2) is 7.11. The van der Waals surface area contributed by atoms with Crippen LogP contribution < -0.4 is 5.32 Å². The first-order valence-corrected chi connectivity index (χ1v) is 6.74. The molecule has 2 rings (SSSR count). The molecule has 0 aliphatic heterocycles. The molecule has 0 bridgehead atoms. The molecule has 0 saturated carbocycles. The molecule has 1 aromatic carbocycles. The lowest BCUT2D eigenvalue weighted by atomic mass is 10.1. The molecule has 106 valence electrons. The largest absolute Gasteiger partial charge is 0.467 e. The fourth-order valence-electron chi connectivity index (χ4n) is 1.84. The highest BCUT2D eigenvalue weighted by atomic mass is 16.3. The van der Waals surface area contributed by atoms with Gasteiger partial charge in [-0.2, -0.15) is 5.26 Å². The van der Waals surface area contributed by atoms with Crippen molar-refractivity contribution in [2.45, 2.75) is 19.9 Å². The van der Waals surface area contributed by atoms with Crippen molar-refractivity contribution >= 4 is 12.0 Å². The van der Waals surface area contributed by atoms with E-state index in [0.29, 0.717) is 5.76 Å². The minimum Gasteiger partial charge on any atom is -0.467 e. The maximum absolute atomic E-state index is 12.0. The van der Waals surface area contributed by atoms with Crippen LogP contribution in [0.3, 0.4) is 0 Å². The van der Waals surface area contributed by atoms with Crippen LogP contribution in [0.4, 0.5) is 0 Å². The normalized spacial score (nSPS) is 11.0. The molecule has 0 unspecified atom stereocenters. The van der Waals surface area contributed by atoms with E-state index >= 15 is 0 Å². The van der Waals surface area contributed by atoms with E-state index in [1.807, 2.05) is 30.3 Å². The minimum absolute atomic E-state index is 0.0748. The quantitative estimate of drug-likeness (QED) is 0.676. The lowest BCUT2D eigenvalue weighted by Crippen LogP contribution is -2.23. The summed E-state index contributed by atoms with van der Waals surface area (Å²) in [5.41, 5.74) is 2.12. The average molecular weight is 280 g/mol. The zero-order chi connectivity index (χ0) is 15.1. The van der Waals surface area contributed by atoms with Crippen LogP contribution in [-0.2, 0) is 17.8 Å². The number of carbonyl (C=O) groups excluding carboxylic acids is 1. The average Bonchev–Trinajstić information content (AvgIpc) is 3.04. The summed E-state index contributed by atoms with van der Waals surface area (Å²) in [4.78, 5) is 12.0. The third kappa shape index (κ3) is 4.08. The molecule has 0 spiro atoms. The Morgan fingerprint density at radius 1 is 1.33 bits per heavy atom. The Bertz CT molecular complexity index is 662. The zero-order valence-electron chi connectivity index (χ0n) is 11.8. The van der Waals surface area contributed by atoms with Crippen molar-refractivity contribution in [2.75, 3.05) is 0 Å². The van der Waals surface area contributed by atoms with E-state index < -0.39 is 5.91 Å². The van der Waals surface area contributed by atoms with E-state index in [-0.39, 0.29) is 12.1 Å². The third-order valence-electron chi connectivity index (χ3n) is 3.07. The van der Waals surface area contributed by atoms with Gasteiger partial charge in [-0.1, -0.05) is 31.2 Å². The van der Waals surface area contributed by atoms with Crippen LogP contribution in [0, 0.1) is 11.3 Å². The standard InChI is InChI=1S/C17H16N2O2/c1-2-13-5-7-14(8-6-13)10-15(11-18)17(20)19-12-16-4-3-9-21-16/h3-10H,2,12H2,1H3,(H,19,20)/b15-10-. The van der Waals surface area contributed by atoms with Gasteiger partial charge < -0.3 is 9.73 Å². The Kier molecular flexibility index (Phi) is 4.94. The summed E-state index contributed by atoms with van der Waals surface area (Å²) in [7, 11) is 0. The number of hydrogen-bond donors (Lipinski definition) is 1. The molecular weight excluding hydrogens is 264 g/mol. The van der Waals surface area contributed by atoms with Crippen molar-refractivity contribution in [3.05, 3.63) is 65.1 Å². The molecule has 0 atom stereocenters. The Morgan fingerprint density at radius 3 is 2.67 bits per heavy atom. The molecule has 0 aliphatic carbocycles. The highest BCUT2D eigenvalue weighted by molar-refractivity contribution is 6.01. The number of nitrogens with one attached hydrogen (secondary N) is 1. The molecule has 1 heterocycles. The maximum Gasteiger partial charge on any atom is 0.262 e. The van der Waals surface area contributed by atoms with Crippen LogP contribution in [0.25, 0.3) is 6.08 Å². The number of benzene rings is 1. The summed E-state index contributed by atoms with van der Waals surface area (Å²) in [6, 6.07) is 13.2. The monoisotopic (exact) mass is 280 g/mol. The van der Waals surface area contributed by atoms with Gasteiger partial charge in [-0.05, 0) is 35.8 Å². The van der Waals surface area contributed by atoms with Crippen LogP contribution >= 0.6 is 0 Å². The van der Waals surface area contributed by atoms with Crippen molar-refractivity contribution in [3.63, 3.8) is 0 Å². The Hall–Kier alpha value is -2.80. The summed E-state index contributed by atoms with van der Waals surface area (Å²) in [6.45, 7) is 2.34. The predicted molar refractivity (Wildman–Crippen MR) is 80.0 cm³/mol. The number of furan rings is 1. The number of carbonyl (C=O) groups is 1. The van der Waals surface area contributed by atoms with Crippen LogP contribution in [0.15, 0.2) is 52.7 Å². The summed E-state index contributed by atoms with van der Waals surface area (Å²) in [5, 5.41) is 11.8. The Morgan fingerprint density at radius 2 is 2.10 bits per heavy atom. The van der Waals surface area contributed by atoms with Crippen LogP contribution in [0.5, 0.6) is 0 Å². The molecular formula is C17H16N2O2. The van der Waals surface area contributed by atoms with Crippen molar-refractivity contribution in [1.82, 2.24) is 5.32 Å². The highest BCUT2D eigenvalue weighted by Gasteiger charge is 2.09.